The van der Waals surface area contributed by atoms with Gasteiger partial charge in [-0.3, -0.25) is 4.79 Å². The van der Waals surface area contributed by atoms with E-state index >= 15 is 0 Å². The number of anilines is 1. The van der Waals surface area contributed by atoms with Crippen LogP contribution in [0.25, 0.3) is 11.3 Å². The van der Waals surface area contributed by atoms with E-state index in [2.05, 4.69) is 38.4 Å². The number of nitrogens with zero attached hydrogens (tertiary/aromatic N) is 1. The van der Waals surface area contributed by atoms with E-state index in [0.29, 0.717) is 21.6 Å². The summed E-state index contributed by atoms with van der Waals surface area (Å²) in [5, 5.41) is 7.85. The Balaban J connectivity index is 1.52. The van der Waals surface area contributed by atoms with Gasteiger partial charge in [0.2, 0.25) is 0 Å². The Morgan fingerprint density at radius 2 is 1.85 bits per heavy atom. The molecule has 2 aromatic carbocycles. The highest BCUT2D eigenvalue weighted by Gasteiger charge is 2.06. The maximum atomic E-state index is 11.8. The molecular weight excluding hydrogens is 500 g/mol. The van der Waals surface area contributed by atoms with Gasteiger partial charge in [0.05, 0.1) is 22.8 Å². The molecule has 138 valence electrons. The van der Waals surface area contributed by atoms with E-state index in [9.17, 15) is 4.79 Å². The van der Waals surface area contributed by atoms with Gasteiger partial charge in [0.25, 0.3) is 5.91 Å². The molecule has 0 spiro atoms. The minimum Gasteiger partial charge on any atom is -0.455 e. The van der Waals surface area contributed by atoms with Crippen molar-refractivity contribution in [3.8, 4) is 11.3 Å². The normalized spacial score (nSPS) is 10.9. The molecule has 0 saturated carbocycles. The summed E-state index contributed by atoms with van der Waals surface area (Å²) >= 11 is 14.2. The van der Waals surface area contributed by atoms with Gasteiger partial charge in [-0.25, -0.2) is 5.43 Å². The van der Waals surface area contributed by atoms with Gasteiger partial charge in [0.15, 0.2) is 0 Å². The molecule has 1 amide bonds. The van der Waals surface area contributed by atoms with Crippen LogP contribution < -0.4 is 10.7 Å². The topological polar surface area (TPSA) is 66.6 Å². The summed E-state index contributed by atoms with van der Waals surface area (Å²) in [7, 11) is 0. The average molecular weight is 514 g/mol. The zero-order chi connectivity index (χ0) is 19.2. The standard InChI is InChI=1S/C19H14Cl2IN3O2/c20-16-7-1-12(9-17(16)21)18-8-6-15(27-18)10-24-25-19(26)11-23-14-4-2-13(22)3-5-14/h1-10,23H,11H2,(H,25,26)/b24-10-. The minimum absolute atomic E-state index is 0.116. The van der Waals surface area contributed by atoms with Crippen molar-refractivity contribution >= 4 is 63.6 Å². The molecule has 27 heavy (non-hydrogen) atoms. The van der Waals surface area contributed by atoms with Gasteiger partial charge in [-0.15, -0.1) is 0 Å². The Kier molecular flexibility index (Phi) is 6.76. The number of furan rings is 1. The van der Waals surface area contributed by atoms with Crippen molar-refractivity contribution in [3.05, 3.63) is 74.0 Å². The number of benzene rings is 2. The summed E-state index contributed by atoms with van der Waals surface area (Å²) < 4.78 is 6.80. The molecule has 1 aromatic heterocycles. The summed E-state index contributed by atoms with van der Waals surface area (Å²) in [4.78, 5) is 11.8. The van der Waals surface area contributed by atoms with Gasteiger partial charge < -0.3 is 9.73 Å². The van der Waals surface area contributed by atoms with Crippen LogP contribution in [0, 0.1) is 3.57 Å². The number of hydrazone groups is 1. The molecule has 0 fully saturated rings. The first-order valence-corrected chi connectivity index (χ1v) is 9.71. The number of hydrogen-bond acceptors (Lipinski definition) is 4. The fourth-order valence-electron chi connectivity index (χ4n) is 2.18. The van der Waals surface area contributed by atoms with Crippen LogP contribution in [0.15, 0.2) is 64.1 Å². The van der Waals surface area contributed by atoms with E-state index in [1.807, 2.05) is 30.3 Å². The molecule has 1 heterocycles. The predicted octanol–water partition coefficient (Wildman–Crippen LogP) is 5.42. The van der Waals surface area contributed by atoms with E-state index < -0.39 is 0 Å². The number of hydrogen-bond donors (Lipinski definition) is 2. The smallest absolute Gasteiger partial charge is 0.259 e. The molecule has 0 aliphatic heterocycles. The fraction of sp³-hybridized carbons (Fsp3) is 0.0526. The molecule has 8 heteroatoms. The SMILES string of the molecule is O=C(CNc1ccc(I)cc1)N/N=C\c1ccc(-c2ccc(Cl)c(Cl)c2)o1. The highest BCUT2D eigenvalue weighted by atomic mass is 127. The molecule has 0 atom stereocenters. The molecule has 3 aromatic rings. The first-order valence-electron chi connectivity index (χ1n) is 7.88. The molecule has 0 saturated heterocycles. The quantitative estimate of drug-likeness (QED) is 0.263. The Morgan fingerprint density at radius 1 is 1.07 bits per heavy atom. The van der Waals surface area contributed by atoms with Gasteiger partial charge in [-0.05, 0) is 77.2 Å². The van der Waals surface area contributed by atoms with Crippen molar-refractivity contribution in [2.24, 2.45) is 5.10 Å². The lowest BCUT2D eigenvalue weighted by atomic mass is 10.2. The monoisotopic (exact) mass is 513 g/mol. The zero-order valence-corrected chi connectivity index (χ0v) is 17.5. The van der Waals surface area contributed by atoms with Crippen molar-refractivity contribution < 1.29 is 9.21 Å². The largest absolute Gasteiger partial charge is 0.455 e. The number of nitrogens with one attached hydrogen (secondary N) is 2. The van der Waals surface area contributed by atoms with Gasteiger partial charge in [-0.1, -0.05) is 23.2 Å². The third kappa shape index (κ3) is 5.72. The summed E-state index contributed by atoms with van der Waals surface area (Å²) in [6.07, 6.45) is 1.43. The summed E-state index contributed by atoms with van der Waals surface area (Å²) in [6.45, 7) is 0.116. The lowest BCUT2D eigenvalue weighted by Crippen LogP contribution is -2.25. The number of amides is 1. The Morgan fingerprint density at radius 3 is 2.59 bits per heavy atom. The van der Waals surface area contributed by atoms with Crippen LogP contribution >= 0.6 is 45.8 Å². The number of rotatable bonds is 6. The molecular formula is C19H14Cl2IN3O2. The van der Waals surface area contributed by atoms with Crippen molar-refractivity contribution in [3.63, 3.8) is 0 Å². The third-order valence-electron chi connectivity index (χ3n) is 3.51. The second-order valence-electron chi connectivity index (χ2n) is 5.48. The second kappa shape index (κ2) is 9.25. The molecule has 0 unspecified atom stereocenters. The molecule has 0 bridgehead atoms. The van der Waals surface area contributed by atoms with Crippen LogP contribution in [-0.4, -0.2) is 18.7 Å². The van der Waals surface area contributed by atoms with Crippen molar-refractivity contribution in [2.45, 2.75) is 0 Å². The van der Waals surface area contributed by atoms with E-state index in [1.54, 1.807) is 24.3 Å². The van der Waals surface area contributed by atoms with Crippen LogP contribution in [0.3, 0.4) is 0 Å². The van der Waals surface area contributed by atoms with E-state index in [1.165, 1.54) is 6.21 Å². The first-order chi connectivity index (χ1) is 13.0. The van der Waals surface area contributed by atoms with Gasteiger partial charge in [0.1, 0.15) is 11.5 Å². The number of carbonyl (C=O) groups excluding carboxylic acids is 1. The number of carbonyl (C=O) groups is 1. The molecule has 0 aliphatic rings. The molecule has 3 rings (SSSR count). The highest BCUT2D eigenvalue weighted by Crippen LogP contribution is 2.29. The average Bonchev–Trinajstić information content (AvgIpc) is 3.12. The van der Waals surface area contributed by atoms with E-state index in [4.69, 9.17) is 27.6 Å². The van der Waals surface area contributed by atoms with Crippen LogP contribution in [-0.2, 0) is 4.79 Å². The molecule has 2 N–H and O–H groups in total. The maximum Gasteiger partial charge on any atom is 0.259 e. The predicted molar refractivity (Wildman–Crippen MR) is 118 cm³/mol. The Hall–Kier alpha value is -2.03. The summed E-state index contributed by atoms with van der Waals surface area (Å²) in [5.41, 5.74) is 4.11. The number of halogens is 3. The lowest BCUT2D eigenvalue weighted by Gasteiger charge is -2.04. The fourth-order valence-corrected chi connectivity index (χ4v) is 2.84. The Labute approximate surface area is 179 Å². The lowest BCUT2D eigenvalue weighted by molar-refractivity contribution is -0.119. The van der Waals surface area contributed by atoms with Crippen molar-refractivity contribution in [2.75, 3.05) is 11.9 Å². The third-order valence-corrected chi connectivity index (χ3v) is 4.97. The summed E-state index contributed by atoms with van der Waals surface area (Å²) in [6, 6.07) is 16.5. The first kappa shape index (κ1) is 19.7. The van der Waals surface area contributed by atoms with Gasteiger partial charge in [-0.2, -0.15) is 5.10 Å². The van der Waals surface area contributed by atoms with Crippen molar-refractivity contribution in [1.29, 1.82) is 0 Å². The summed E-state index contributed by atoms with van der Waals surface area (Å²) in [5.74, 6) is 0.866. The molecule has 0 radical (unpaired) electrons. The molecule has 0 aliphatic carbocycles. The minimum atomic E-state index is -0.263. The Bertz CT molecular complexity index is 971. The van der Waals surface area contributed by atoms with Crippen LogP contribution in [0.2, 0.25) is 10.0 Å². The van der Waals surface area contributed by atoms with Gasteiger partial charge >= 0.3 is 0 Å². The highest BCUT2D eigenvalue weighted by molar-refractivity contribution is 14.1. The molecule has 5 nitrogen and oxygen atoms in total. The van der Waals surface area contributed by atoms with Crippen LogP contribution in [0.1, 0.15) is 5.76 Å². The zero-order valence-electron chi connectivity index (χ0n) is 13.9. The van der Waals surface area contributed by atoms with Crippen LogP contribution in [0.5, 0.6) is 0 Å². The van der Waals surface area contributed by atoms with E-state index in [0.717, 1.165) is 14.8 Å². The second-order valence-corrected chi connectivity index (χ2v) is 7.54. The van der Waals surface area contributed by atoms with Crippen LogP contribution in [0.4, 0.5) is 5.69 Å². The van der Waals surface area contributed by atoms with Crippen molar-refractivity contribution in [1.82, 2.24) is 5.43 Å². The van der Waals surface area contributed by atoms with Gasteiger partial charge in [0, 0.05) is 14.8 Å². The maximum absolute atomic E-state index is 11.8. The van der Waals surface area contributed by atoms with E-state index in [-0.39, 0.29) is 12.5 Å².